The lowest BCUT2D eigenvalue weighted by Gasteiger charge is -2.37. The van der Waals surface area contributed by atoms with Gasteiger partial charge in [-0.2, -0.15) is 8.75 Å². The molecule has 2 aliphatic rings. The van der Waals surface area contributed by atoms with Gasteiger partial charge in [0.15, 0.2) is 36.1 Å². The number of aliphatic hydroxyl groups is 1. The summed E-state index contributed by atoms with van der Waals surface area (Å²) >= 11 is 2.06. The summed E-state index contributed by atoms with van der Waals surface area (Å²) in [6.45, 7) is 28.8. The van der Waals surface area contributed by atoms with Crippen LogP contribution >= 0.6 is 23.5 Å². The minimum Gasteiger partial charge on any atom is -0.479 e. The van der Waals surface area contributed by atoms with E-state index in [-0.39, 0.29) is 44.0 Å². The van der Waals surface area contributed by atoms with Crippen molar-refractivity contribution in [3.8, 4) is 11.8 Å². The van der Waals surface area contributed by atoms with Crippen LogP contribution in [0.2, 0.25) is 0 Å². The van der Waals surface area contributed by atoms with Crippen LogP contribution in [0, 0.1) is 6.92 Å². The highest BCUT2D eigenvalue weighted by Crippen LogP contribution is 2.28. The van der Waals surface area contributed by atoms with E-state index in [0.29, 0.717) is 57.0 Å². The van der Waals surface area contributed by atoms with E-state index in [1.807, 2.05) is 39.5 Å². The van der Waals surface area contributed by atoms with Crippen molar-refractivity contribution in [2.24, 2.45) is 0 Å². The molecule has 2 saturated heterocycles. The first-order valence-corrected chi connectivity index (χ1v) is 25.2. The van der Waals surface area contributed by atoms with Crippen molar-refractivity contribution in [1.29, 1.82) is 0 Å². The number of carbonyl (C=O) groups is 8. The molecule has 4 rings (SSSR count). The number of amides is 2. The van der Waals surface area contributed by atoms with Gasteiger partial charge < -0.3 is 67.5 Å². The second-order valence-corrected chi connectivity index (χ2v) is 19.6. The molecule has 75 heavy (non-hydrogen) atoms. The molecule has 0 radical (unpaired) electrons. The molecule has 0 aliphatic carbocycles. The van der Waals surface area contributed by atoms with Crippen LogP contribution < -0.4 is 19.3 Å². The Bertz CT molecular complexity index is 2170. The summed E-state index contributed by atoms with van der Waals surface area (Å²) in [4.78, 5) is 98.9. The molecule has 0 spiro atoms. The fourth-order valence-corrected chi connectivity index (χ4v) is 7.62. The SMILES string of the molecule is CC(=O)O[C@@H](C)C(=O)O[C@@H](C)C(=O)O[C@H](COc1nsnc1N1CCOCC1)CN(C(C)=O)C(C)(C)C.CC(=O)O[C@@H](C)C(=O)O[C@H](C)C(=O)O.[CH2+]C(C)(C)N(C[C@H](O)COc1nsnc1N1CCOCC1)C(C)=O. The van der Waals surface area contributed by atoms with Gasteiger partial charge in [0.1, 0.15) is 19.3 Å². The summed E-state index contributed by atoms with van der Waals surface area (Å²) in [6, 6.07) is 0. The quantitative estimate of drug-likeness (QED) is 0.0963. The minimum absolute atomic E-state index is 0.0273. The Labute approximate surface area is 444 Å². The Morgan fingerprint density at radius 1 is 0.600 bits per heavy atom. The molecule has 4 heterocycles. The average Bonchev–Trinajstić information content (AvgIpc) is 4.00. The van der Waals surface area contributed by atoms with Crippen LogP contribution in [-0.4, -0.2) is 212 Å². The van der Waals surface area contributed by atoms with Crippen molar-refractivity contribution >= 4 is 82.7 Å². The molecule has 2 aromatic rings. The first kappa shape index (κ1) is 64.9. The third-order valence-corrected chi connectivity index (χ3v) is 11.3. The summed E-state index contributed by atoms with van der Waals surface area (Å²) in [6.07, 6.45) is -6.57. The smallest absolute Gasteiger partial charge is 0.347 e. The first-order valence-electron chi connectivity index (χ1n) is 23.8. The predicted molar refractivity (Wildman–Crippen MR) is 268 cm³/mol. The van der Waals surface area contributed by atoms with Crippen molar-refractivity contribution in [2.45, 2.75) is 138 Å². The predicted octanol–water partition coefficient (Wildman–Crippen LogP) is 1.73. The van der Waals surface area contributed by atoms with E-state index in [9.17, 15) is 43.5 Å². The Morgan fingerprint density at radius 3 is 1.36 bits per heavy atom. The maximum absolute atomic E-state index is 12.8. The molecular formula is C46H73N8O19S2+. The number of carboxylic acids is 1. The summed E-state index contributed by atoms with van der Waals surface area (Å²) in [5, 5.41) is 18.6. The first-order chi connectivity index (χ1) is 34.9. The molecule has 422 valence electrons. The Hall–Kier alpha value is -6.17. The number of carbonyl (C=O) groups excluding carboxylic acids is 7. The number of ether oxygens (including phenoxy) is 9. The van der Waals surface area contributed by atoms with E-state index in [2.05, 4.69) is 38.8 Å². The maximum atomic E-state index is 12.8. The highest BCUT2D eigenvalue weighted by molar-refractivity contribution is 6.99. The number of nitrogens with zero attached hydrogens (tertiary/aromatic N) is 8. The topological polar surface area (TPSA) is 325 Å². The lowest BCUT2D eigenvalue weighted by Crippen LogP contribution is -2.50. The molecule has 0 aromatic carbocycles. The van der Waals surface area contributed by atoms with Crippen molar-refractivity contribution < 1.29 is 91.2 Å². The van der Waals surface area contributed by atoms with Gasteiger partial charge >= 0.3 is 35.8 Å². The van der Waals surface area contributed by atoms with Gasteiger partial charge in [0, 0.05) is 73.3 Å². The van der Waals surface area contributed by atoms with Gasteiger partial charge in [0.05, 0.1) is 69.9 Å². The van der Waals surface area contributed by atoms with Gasteiger partial charge in [-0.3, -0.25) is 24.1 Å². The standard InChI is InChI=1S/C23H36N4O9S.C15H25N4O4S.C8H12O6/c1-14(34-17(4)29)21(30)35-15(2)22(31)36-18(12-27(16(3)28)23(5,6)7)13-33-20-19(24-37-25-20)26-8-10-32-11-9-26;1-11(20)19(15(2,3)4)9-12(21)10-23-14-13(16-24-17-14)18-5-7-22-8-6-18;1-4(7(10)11)14-8(12)5(2)13-6(3)9/h14-15,18H,8-13H2,1-7H3;12,21H,2,5-10H2,1,3-4H3;4-5H,1-3H3,(H,10,11)/q;+1;/t14-,15-,18-;12-;4-,5+/m001/s1. The molecule has 6 atom stereocenters. The van der Waals surface area contributed by atoms with Gasteiger partial charge in [0.2, 0.25) is 23.5 Å². The minimum atomic E-state index is -1.29. The molecule has 2 amide bonds. The molecule has 27 nitrogen and oxygen atoms in total. The zero-order valence-corrected chi connectivity index (χ0v) is 46.5. The van der Waals surface area contributed by atoms with E-state index in [1.165, 1.54) is 46.4 Å². The number of anilines is 2. The Kier molecular flexibility index (Phi) is 26.9. The number of β-amino-alcohol motifs (C(OH)–C–C–N with tert-alkyl or cyclic N) is 1. The van der Waals surface area contributed by atoms with Gasteiger partial charge in [-0.15, -0.1) is 8.75 Å². The highest BCUT2D eigenvalue weighted by atomic mass is 32.1. The number of hydrogen-bond donors (Lipinski definition) is 2. The number of morpholine rings is 2. The zero-order valence-electron chi connectivity index (χ0n) is 44.9. The number of esters is 5. The number of aliphatic carboxylic acids is 1. The van der Waals surface area contributed by atoms with Gasteiger partial charge in [-0.05, 0) is 48.5 Å². The van der Waals surface area contributed by atoms with Crippen molar-refractivity contribution in [3.63, 3.8) is 0 Å². The molecule has 2 fully saturated rings. The summed E-state index contributed by atoms with van der Waals surface area (Å²) in [7, 11) is 0. The summed E-state index contributed by atoms with van der Waals surface area (Å²) in [5.74, 6) is -3.58. The van der Waals surface area contributed by atoms with E-state index in [0.717, 1.165) is 50.4 Å². The Morgan fingerprint density at radius 2 is 0.987 bits per heavy atom. The second-order valence-electron chi connectivity index (χ2n) is 18.6. The highest BCUT2D eigenvalue weighted by Gasteiger charge is 2.34. The number of aliphatic hydroxyl groups excluding tert-OH is 1. The van der Waals surface area contributed by atoms with Crippen molar-refractivity contribution in [2.75, 3.05) is 88.7 Å². The molecule has 2 aromatic heterocycles. The zero-order chi connectivity index (χ0) is 56.8. The van der Waals surface area contributed by atoms with Crippen LogP contribution in [0.1, 0.15) is 90.0 Å². The second kappa shape index (κ2) is 31.0. The number of rotatable bonds is 22. The summed E-state index contributed by atoms with van der Waals surface area (Å²) in [5.41, 5.74) is -1.16. The third kappa shape index (κ3) is 23.5. The number of carboxylic acid groups (broad SMARTS) is 1. The molecule has 0 unspecified atom stereocenters. The van der Waals surface area contributed by atoms with Crippen LogP contribution in [0.25, 0.3) is 0 Å². The monoisotopic (exact) mass is 1110 g/mol. The lowest BCUT2D eigenvalue weighted by molar-refractivity contribution is -0.179. The largest absolute Gasteiger partial charge is 0.479 e. The molecule has 29 heteroatoms. The van der Waals surface area contributed by atoms with Crippen molar-refractivity contribution in [3.05, 3.63) is 6.92 Å². The third-order valence-electron chi connectivity index (χ3n) is 10.3. The van der Waals surface area contributed by atoms with Crippen LogP contribution in [0.3, 0.4) is 0 Å². The summed E-state index contributed by atoms with van der Waals surface area (Å²) < 4.78 is 63.6. The molecule has 2 aliphatic heterocycles. The van der Waals surface area contributed by atoms with Crippen LogP contribution in [0.5, 0.6) is 11.8 Å². The van der Waals surface area contributed by atoms with Crippen LogP contribution in [0.15, 0.2) is 0 Å². The van der Waals surface area contributed by atoms with E-state index in [4.69, 9.17) is 38.3 Å². The molecule has 0 bridgehead atoms. The number of hydrogen-bond acceptors (Lipinski definition) is 26. The van der Waals surface area contributed by atoms with Crippen molar-refractivity contribution in [1.82, 2.24) is 27.3 Å². The number of aromatic nitrogens is 4. The Balaban J connectivity index is 0.000000432. The molecule has 0 saturated carbocycles. The lowest BCUT2D eigenvalue weighted by atomic mass is 10.1. The fourth-order valence-electron chi connectivity index (χ4n) is 6.58. The van der Waals surface area contributed by atoms with E-state index < -0.39 is 83.5 Å². The van der Waals surface area contributed by atoms with E-state index in [1.54, 1.807) is 4.90 Å². The molecular weight excluding hydrogens is 1030 g/mol. The normalized spacial score (nSPS) is 16.0. The average molecular weight is 1110 g/mol. The fraction of sp³-hybridized carbons (Fsp3) is 0.717. The van der Waals surface area contributed by atoms with E-state index >= 15 is 0 Å². The van der Waals surface area contributed by atoms with Crippen LogP contribution in [-0.2, 0) is 71.5 Å². The van der Waals surface area contributed by atoms with Crippen LogP contribution in [0.4, 0.5) is 11.6 Å². The molecule has 2 N–H and O–H groups in total. The van der Waals surface area contributed by atoms with Gasteiger partial charge in [0.25, 0.3) is 11.8 Å². The maximum Gasteiger partial charge on any atom is 0.347 e. The van der Waals surface area contributed by atoms with Gasteiger partial charge in [-0.25, -0.2) is 19.2 Å². The van der Waals surface area contributed by atoms with Gasteiger partial charge in [-0.1, -0.05) is 0 Å².